The highest BCUT2D eigenvalue weighted by Crippen LogP contribution is 2.34. The Bertz CT molecular complexity index is 1460. The van der Waals surface area contributed by atoms with Crippen molar-refractivity contribution in [1.82, 2.24) is 14.5 Å². The van der Waals surface area contributed by atoms with Crippen LogP contribution in [0.1, 0.15) is 0 Å². The maximum atomic E-state index is 5.67. The van der Waals surface area contributed by atoms with Crippen molar-refractivity contribution in [2.75, 3.05) is 0 Å². The van der Waals surface area contributed by atoms with Crippen LogP contribution in [0.25, 0.3) is 49.9 Å². The first-order valence-corrected chi connectivity index (χ1v) is 9.17. The molecule has 28 heavy (non-hydrogen) atoms. The van der Waals surface area contributed by atoms with E-state index in [4.69, 9.17) is 9.40 Å². The van der Waals surface area contributed by atoms with Gasteiger partial charge in [-0.1, -0.05) is 24.3 Å². The molecule has 0 bridgehead atoms. The second-order valence-corrected chi connectivity index (χ2v) is 6.80. The van der Waals surface area contributed by atoms with Gasteiger partial charge in [-0.25, -0.2) is 4.98 Å². The minimum atomic E-state index is 0.877. The topological polar surface area (TPSA) is 43.9 Å². The second kappa shape index (κ2) is 5.79. The summed E-state index contributed by atoms with van der Waals surface area (Å²) in [6.45, 7) is 0. The van der Waals surface area contributed by atoms with Crippen LogP contribution in [0.2, 0.25) is 0 Å². The number of hydrogen-bond donors (Lipinski definition) is 0. The fourth-order valence-corrected chi connectivity index (χ4v) is 3.90. The Balaban J connectivity index is 1.69. The number of fused-ring (bicyclic) bond motifs is 4. The van der Waals surface area contributed by atoms with Crippen LogP contribution in [0, 0.1) is 0 Å². The zero-order valence-corrected chi connectivity index (χ0v) is 14.9. The van der Waals surface area contributed by atoms with Crippen LogP contribution in [0.4, 0.5) is 0 Å². The Morgan fingerprint density at radius 3 is 2.57 bits per heavy atom. The van der Waals surface area contributed by atoms with E-state index in [1.165, 1.54) is 10.8 Å². The average molecular weight is 361 g/mol. The lowest BCUT2D eigenvalue weighted by molar-refractivity contribution is 0.616. The van der Waals surface area contributed by atoms with E-state index in [1.54, 1.807) is 18.7 Å². The van der Waals surface area contributed by atoms with E-state index in [1.807, 2.05) is 36.4 Å². The molecule has 0 aliphatic carbocycles. The summed E-state index contributed by atoms with van der Waals surface area (Å²) in [5, 5.41) is 3.51. The summed E-state index contributed by atoms with van der Waals surface area (Å²) in [5.41, 5.74) is 5.06. The number of pyridine rings is 2. The number of nitrogens with zero attached hydrogens (tertiary/aromatic N) is 3. The van der Waals surface area contributed by atoms with Crippen LogP contribution in [-0.4, -0.2) is 14.5 Å². The van der Waals surface area contributed by atoms with Crippen LogP contribution >= 0.6 is 0 Å². The number of benzene rings is 2. The van der Waals surface area contributed by atoms with Crippen molar-refractivity contribution in [2.45, 2.75) is 0 Å². The molecular formula is C24H15N3O. The zero-order valence-electron chi connectivity index (χ0n) is 14.9. The molecule has 4 nitrogen and oxygen atoms in total. The number of hydrogen-bond acceptors (Lipinski definition) is 3. The van der Waals surface area contributed by atoms with Gasteiger partial charge in [-0.05, 0) is 42.5 Å². The van der Waals surface area contributed by atoms with Crippen molar-refractivity contribution >= 4 is 32.8 Å². The van der Waals surface area contributed by atoms with E-state index in [9.17, 15) is 0 Å². The molecule has 0 saturated carbocycles. The van der Waals surface area contributed by atoms with Gasteiger partial charge in [0.15, 0.2) is 0 Å². The summed E-state index contributed by atoms with van der Waals surface area (Å²) in [6, 6.07) is 24.8. The molecule has 0 aliphatic rings. The van der Waals surface area contributed by atoms with E-state index >= 15 is 0 Å². The summed E-state index contributed by atoms with van der Waals surface area (Å²) in [7, 11) is 0. The van der Waals surface area contributed by atoms with Gasteiger partial charge in [-0.15, -0.1) is 0 Å². The van der Waals surface area contributed by atoms with Gasteiger partial charge in [0.25, 0.3) is 0 Å². The highest BCUT2D eigenvalue weighted by molar-refractivity contribution is 6.12. The number of para-hydroxylation sites is 1. The second-order valence-electron chi connectivity index (χ2n) is 6.80. The zero-order chi connectivity index (χ0) is 18.5. The van der Waals surface area contributed by atoms with Gasteiger partial charge in [-0.2, -0.15) is 0 Å². The fourth-order valence-electron chi connectivity index (χ4n) is 3.90. The Hall–Kier alpha value is -3.92. The Kier molecular flexibility index (Phi) is 3.14. The van der Waals surface area contributed by atoms with Crippen molar-refractivity contribution in [3.63, 3.8) is 0 Å². The third-order valence-corrected chi connectivity index (χ3v) is 5.19. The molecule has 6 aromatic rings. The fraction of sp³-hybridized carbons (Fsp3) is 0. The van der Waals surface area contributed by atoms with E-state index in [0.717, 1.165) is 39.1 Å². The smallest absolute Gasteiger partial charge is 0.138 e. The monoisotopic (exact) mass is 361 g/mol. The van der Waals surface area contributed by atoms with Gasteiger partial charge in [0, 0.05) is 40.2 Å². The molecule has 0 unspecified atom stereocenters. The van der Waals surface area contributed by atoms with Crippen molar-refractivity contribution < 1.29 is 4.42 Å². The molecule has 2 aromatic carbocycles. The molecule has 0 radical (unpaired) electrons. The maximum Gasteiger partial charge on any atom is 0.138 e. The summed E-state index contributed by atoms with van der Waals surface area (Å²) in [4.78, 5) is 9.06. The lowest BCUT2D eigenvalue weighted by Crippen LogP contribution is -1.98. The molecule has 0 spiro atoms. The van der Waals surface area contributed by atoms with Gasteiger partial charge < -0.3 is 4.42 Å². The predicted octanol–water partition coefficient (Wildman–Crippen LogP) is 5.99. The third kappa shape index (κ3) is 2.18. The largest absolute Gasteiger partial charge is 0.464 e. The molecule has 0 amide bonds. The first kappa shape index (κ1) is 15.2. The first-order valence-electron chi connectivity index (χ1n) is 9.17. The van der Waals surface area contributed by atoms with Crippen LogP contribution in [0.15, 0.2) is 95.9 Å². The Morgan fingerprint density at radius 2 is 1.64 bits per heavy atom. The normalized spacial score (nSPS) is 11.6. The van der Waals surface area contributed by atoms with Crippen molar-refractivity contribution in [2.24, 2.45) is 0 Å². The quantitative estimate of drug-likeness (QED) is 0.381. The average Bonchev–Trinajstić information content (AvgIpc) is 3.34. The molecule has 0 N–H and O–H groups in total. The lowest BCUT2D eigenvalue weighted by atomic mass is 10.1. The lowest BCUT2D eigenvalue weighted by Gasteiger charge is -2.09. The minimum Gasteiger partial charge on any atom is -0.464 e. The van der Waals surface area contributed by atoms with Gasteiger partial charge in [0.2, 0.25) is 0 Å². The van der Waals surface area contributed by atoms with Gasteiger partial charge >= 0.3 is 0 Å². The molecule has 4 aromatic heterocycles. The molecule has 0 atom stereocenters. The van der Waals surface area contributed by atoms with E-state index < -0.39 is 0 Å². The van der Waals surface area contributed by atoms with Crippen molar-refractivity contribution in [3.05, 3.63) is 91.5 Å². The molecular weight excluding hydrogens is 346 g/mol. The maximum absolute atomic E-state index is 5.67. The summed E-state index contributed by atoms with van der Waals surface area (Å²) >= 11 is 0. The van der Waals surface area contributed by atoms with Crippen LogP contribution in [0.3, 0.4) is 0 Å². The standard InChI is InChI=1S/C24H15N3O/c1-2-6-21-18(4-1)19-14-17-10-13-28-23(17)15-22(19)27(21)24-7-3-5-20(26-24)16-8-11-25-12-9-16/h1-15H. The van der Waals surface area contributed by atoms with Crippen LogP contribution in [0.5, 0.6) is 0 Å². The molecule has 132 valence electrons. The number of aromatic nitrogens is 3. The van der Waals surface area contributed by atoms with Crippen LogP contribution in [-0.2, 0) is 0 Å². The Labute approximate surface area is 160 Å². The molecule has 4 heteroatoms. The van der Waals surface area contributed by atoms with Gasteiger partial charge in [0.05, 0.1) is 23.0 Å². The van der Waals surface area contributed by atoms with Gasteiger partial charge in [-0.3, -0.25) is 9.55 Å². The highest BCUT2D eigenvalue weighted by atomic mass is 16.3. The summed E-state index contributed by atoms with van der Waals surface area (Å²) in [5.74, 6) is 0.881. The van der Waals surface area contributed by atoms with E-state index in [0.29, 0.717) is 0 Å². The number of rotatable bonds is 2. The third-order valence-electron chi connectivity index (χ3n) is 5.19. The SMILES string of the molecule is c1cc(-c2ccncc2)nc(-n2c3ccccc3c3cc4ccoc4cc32)c1. The summed E-state index contributed by atoms with van der Waals surface area (Å²) < 4.78 is 7.87. The van der Waals surface area contributed by atoms with E-state index in [2.05, 4.69) is 45.9 Å². The summed E-state index contributed by atoms with van der Waals surface area (Å²) in [6.07, 6.45) is 5.31. The first-order chi connectivity index (χ1) is 13.9. The predicted molar refractivity (Wildman–Crippen MR) is 112 cm³/mol. The van der Waals surface area contributed by atoms with Crippen molar-refractivity contribution in [1.29, 1.82) is 0 Å². The van der Waals surface area contributed by atoms with Crippen LogP contribution < -0.4 is 0 Å². The Morgan fingerprint density at radius 1 is 0.750 bits per heavy atom. The van der Waals surface area contributed by atoms with Gasteiger partial charge in [0.1, 0.15) is 11.4 Å². The number of furan rings is 1. The highest BCUT2D eigenvalue weighted by Gasteiger charge is 2.15. The molecule has 0 fully saturated rings. The molecule has 0 aliphatic heterocycles. The molecule has 6 rings (SSSR count). The minimum absolute atomic E-state index is 0.877. The molecule has 4 heterocycles. The molecule has 0 saturated heterocycles. The van der Waals surface area contributed by atoms with E-state index in [-0.39, 0.29) is 0 Å². The van der Waals surface area contributed by atoms with Crippen molar-refractivity contribution in [3.8, 4) is 17.1 Å².